The van der Waals surface area contributed by atoms with Crippen LogP contribution in [0, 0.1) is 0 Å². The van der Waals surface area contributed by atoms with Gasteiger partial charge in [-0.1, -0.05) is 11.6 Å². The third-order valence-corrected chi connectivity index (χ3v) is 4.08. The lowest BCUT2D eigenvalue weighted by Crippen LogP contribution is -2.28. The number of hydrogen-bond donors (Lipinski definition) is 2. The Hall–Kier alpha value is -2.40. The van der Waals surface area contributed by atoms with Gasteiger partial charge in [0.2, 0.25) is 5.91 Å². The van der Waals surface area contributed by atoms with Gasteiger partial charge in [-0.2, -0.15) is 0 Å². The minimum Gasteiger partial charge on any atom is -0.366 e. The van der Waals surface area contributed by atoms with Crippen molar-refractivity contribution in [2.24, 2.45) is 5.73 Å². The van der Waals surface area contributed by atoms with Crippen LogP contribution in [0.5, 0.6) is 0 Å². The largest absolute Gasteiger partial charge is 0.366 e. The number of carbonyl (C=O) groups is 1. The molecule has 2 heterocycles. The molecule has 3 N–H and O–H groups in total. The smallest absolute Gasteiger partial charge is 0.248 e. The third kappa shape index (κ3) is 2.94. The molecule has 22 heavy (non-hydrogen) atoms. The zero-order valence-corrected chi connectivity index (χ0v) is 12.6. The average Bonchev–Trinajstić information content (AvgIpc) is 2.49. The van der Waals surface area contributed by atoms with Gasteiger partial charge in [-0.15, -0.1) is 0 Å². The number of rotatable bonds is 3. The lowest BCUT2D eigenvalue weighted by atomic mass is 10.1. The summed E-state index contributed by atoms with van der Waals surface area (Å²) in [5.74, 6) is -0.527. The Balaban J connectivity index is 1.91. The Morgan fingerprint density at radius 2 is 2.18 bits per heavy atom. The van der Waals surface area contributed by atoms with E-state index in [1.807, 2.05) is 0 Å². The number of nitrogens with two attached hydrogens (primary N) is 1. The first-order valence-corrected chi connectivity index (χ1v) is 7.37. The fraction of sp³-hybridized carbons (Fsp3) is 0.294. The van der Waals surface area contributed by atoms with E-state index in [1.165, 1.54) is 5.57 Å². The van der Waals surface area contributed by atoms with Crippen molar-refractivity contribution in [1.29, 1.82) is 0 Å². The highest BCUT2D eigenvalue weighted by atomic mass is 16.1. The van der Waals surface area contributed by atoms with Gasteiger partial charge in [0.15, 0.2) is 5.43 Å². The second kappa shape index (κ2) is 5.77. The topological polar surface area (TPSA) is 79.2 Å². The number of aromatic nitrogens is 1. The molecule has 0 fully saturated rings. The average molecular weight is 297 g/mol. The van der Waals surface area contributed by atoms with Crippen LogP contribution in [0.15, 0.2) is 40.7 Å². The zero-order valence-electron chi connectivity index (χ0n) is 12.6. The molecule has 0 atom stereocenters. The van der Waals surface area contributed by atoms with E-state index in [-0.39, 0.29) is 5.43 Å². The van der Waals surface area contributed by atoms with Gasteiger partial charge in [0.05, 0.1) is 0 Å². The highest BCUT2D eigenvalue weighted by Crippen LogP contribution is 2.14. The summed E-state index contributed by atoms with van der Waals surface area (Å²) in [6.45, 7) is 4.77. The van der Waals surface area contributed by atoms with Crippen LogP contribution < -0.4 is 11.2 Å². The highest BCUT2D eigenvalue weighted by molar-refractivity contribution is 5.96. The predicted octanol–water partition coefficient (Wildman–Crippen LogP) is 1.78. The zero-order chi connectivity index (χ0) is 15.7. The van der Waals surface area contributed by atoms with Crippen LogP contribution in [0.2, 0.25) is 0 Å². The first-order valence-electron chi connectivity index (χ1n) is 7.37. The van der Waals surface area contributed by atoms with E-state index in [1.54, 1.807) is 24.3 Å². The van der Waals surface area contributed by atoms with Gasteiger partial charge in [-0.3, -0.25) is 14.5 Å². The number of pyridine rings is 1. The minimum atomic E-state index is -0.527. The second-order valence-corrected chi connectivity index (χ2v) is 5.82. The minimum absolute atomic E-state index is 0.0874. The molecule has 2 aromatic rings. The van der Waals surface area contributed by atoms with E-state index in [4.69, 9.17) is 5.73 Å². The molecule has 0 saturated heterocycles. The number of primary amides is 1. The van der Waals surface area contributed by atoms with Crippen LogP contribution in [-0.2, 0) is 6.54 Å². The maximum Gasteiger partial charge on any atom is 0.248 e. The molecule has 0 radical (unpaired) electrons. The molecule has 5 nitrogen and oxygen atoms in total. The van der Waals surface area contributed by atoms with Crippen molar-refractivity contribution in [3.05, 3.63) is 57.4 Å². The van der Waals surface area contributed by atoms with E-state index < -0.39 is 5.91 Å². The lowest BCUT2D eigenvalue weighted by Gasteiger charge is -2.25. The molecular formula is C17H19N3O2. The van der Waals surface area contributed by atoms with Crippen molar-refractivity contribution in [3.8, 4) is 0 Å². The molecule has 1 amide bonds. The third-order valence-electron chi connectivity index (χ3n) is 4.08. The van der Waals surface area contributed by atoms with Crippen LogP contribution in [0.4, 0.5) is 0 Å². The van der Waals surface area contributed by atoms with Gasteiger partial charge in [-0.05, 0) is 31.5 Å². The molecule has 1 aliphatic rings. The lowest BCUT2D eigenvalue weighted by molar-refractivity contribution is 0.100. The Morgan fingerprint density at radius 1 is 1.36 bits per heavy atom. The van der Waals surface area contributed by atoms with Crippen molar-refractivity contribution in [2.45, 2.75) is 19.9 Å². The van der Waals surface area contributed by atoms with E-state index in [2.05, 4.69) is 22.9 Å². The van der Waals surface area contributed by atoms with Crippen LogP contribution in [0.1, 0.15) is 29.4 Å². The molecule has 0 spiro atoms. The molecule has 0 bridgehead atoms. The molecular weight excluding hydrogens is 278 g/mol. The van der Waals surface area contributed by atoms with Gasteiger partial charge in [0, 0.05) is 47.9 Å². The van der Waals surface area contributed by atoms with Crippen LogP contribution >= 0.6 is 0 Å². The summed E-state index contributed by atoms with van der Waals surface area (Å²) in [5.41, 5.74) is 8.56. The van der Waals surface area contributed by atoms with Gasteiger partial charge in [0.25, 0.3) is 0 Å². The molecule has 3 rings (SSSR count). The van der Waals surface area contributed by atoms with E-state index in [9.17, 15) is 9.59 Å². The summed E-state index contributed by atoms with van der Waals surface area (Å²) >= 11 is 0. The Bertz CT molecular complexity index is 820. The number of nitrogens with one attached hydrogen (secondary N) is 1. The fourth-order valence-corrected chi connectivity index (χ4v) is 2.74. The number of hydrogen-bond acceptors (Lipinski definition) is 3. The van der Waals surface area contributed by atoms with Crippen molar-refractivity contribution < 1.29 is 4.79 Å². The number of nitrogens with zero attached hydrogens (tertiary/aromatic N) is 1. The molecule has 0 saturated carbocycles. The predicted molar refractivity (Wildman–Crippen MR) is 86.7 cm³/mol. The first kappa shape index (κ1) is 14.5. The second-order valence-electron chi connectivity index (χ2n) is 5.82. The maximum absolute atomic E-state index is 12.3. The van der Waals surface area contributed by atoms with Crippen molar-refractivity contribution in [1.82, 2.24) is 9.88 Å². The molecule has 0 unspecified atom stereocenters. The normalized spacial score (nSPS) is 15.8. The van der Waals surface area contributed by atoms with Gasteiger partial charge >= 0.3 is 0 Å². The summed E-state index contributed by atoms with van der Waals surface area (Å²) in [7, 11) is 0. The quantitative estimate of drug-likeness (QED) is 0.848. The van der Waals surface area contributed by atoms with E-state index >= 15 is 0 Å². The number of H-pyrrole nitrogens is 1. The van der Waals surface area contributed by atoms with Gasteiger partial charge < -0.3 is 10.7 Å². The highest BCUT2D eigenvalue weighted by Gasteiger charge is 2.12. The molecule has 0 aliphatic carbocycles. The van der Waals surface area contributed by atoms with E-state index in [0.29, 0.717) is 17.5 Å². The van der Waals surface area contributed by atoms with Crippen molar-refractivity contribution >= 4 is 16.8 Å². The van der Waals surface area contributed by atoms with Crippen molar-refractivity contribution in [3.63, 3.8) is 0 Å². The summed E-state index contributed by atoms with van der Waals surface area (Å²) in [5, 5.41) is 0.495. The molecule has 1 aliphatic heterocycles. The Labute approximate surface area is 128 Å². The van der Waals surface area contributed by atoms with E-state index in [0.717, 1.165) is 30.7 Å². The maximum atomic E-state index is 12.3. The van der Waals surface area contributed by atoms with Crippen molar-refractivity contribution in [2.75, 3.05) is 13.1 Å². The van der Waals surface area contributed by atoms with Gasteiger partial charge in [-0.25, -0.2) is 0 Å². The number of fused-ring (bicyclic) bond motifs is 1. The number of carbonyl (C=O) groups excluding carboxylic acids is 1. The van der Waals surface area contributed by atoms with Crippen LogP contribution in [0.3, 0.4) is 0 Å². The summed E-state index contributed by atoms with van der Waals surface area (Å²) in [6.07, 6.45) is 3.29. The van der Waals surface area contributed by atoms with Crippen LogP contribution in [0.25, 0.3) is 10.9 Å². The SMILES string of the molecule is CC1=CCN(Cc2cc(=O)c3cc(C(N)=O)ccc3[nH]2)CC1. The fourth-order valence-electron chi connectivity index (χ4n) is 2.74. The number of aromatic amines is 1. The van der Waals surface area contributed by atoms with Gasteiger partial charge in [0.1, 0.15) is 0 Å². The Kier molecular flexibility index (Phi) is 3.81. The molecule has 5 heteroatoms. The summed E-state index contributed by atoms with van der Waals surface area (Å²) in [6, 6.07) is 6.53. The molecule has 1 aromatic carbocycles. The summed E-state index contributed by atoms with van der Waals surface area (Å²) < 4.78 is 0. The summed E-state index contributed by atoms with van der Waals surface area (Å²) in [4.78, 5) is 29.0. The monoisotopic (exact) mass is 297 g/mol. The standard InChI is InChI=1S/C17H19N3O2/c1-11-4-6-20(7-5-11)10-13-9-16(21)14-8-12(17(18)22)2-3-15(14)19-13/h2-4,8-9H,5-7,10H2,1H3,(H2,18,22)(H,19,21). The number of benzene rings is 1. The molecule has 114 valence electrons. The first-order chi connectivity index (χ1) is 10.5. The van der Waals surface area contributed by atoms with Crippen LogP contribution in [-0.4, -0.2) is 28.9 Å². The number of amides is 1. The molecule has 1 aromatic heterocycles. The Morgan fingerprint density at radius 3 is 2.86 bits per heavy atom.